The van der Waals surface area contributed by atoms with E-state index in [1.54, 1.807) is 29.2 Å². The van der Waals surface area contributed by atoms with Gasteiger partial charge in [-0.2, -0.15) is 0 Å². The summed E-state index contributed by atoms with van der Waals surface area (Å²) < 4.78 is 24.3. The standard InChI is InChI=1S/C19H17FN2O4/c20-13-2-1-3-14(9-13)21-19(24)12-8-18(23)22(11-12)15-4-5-16-17(10-15)26-7-6-25-16/h1-5,9-10,12H,6-8,11H2,(H,21,24)/t12-/m1/s1. The van der Waals surface area contributed by atoms with Gasteiger partial charge in [0.05, 0.1) is 5.92 Å². The largest absolute Gasteiger partial charge is 0.486 e. The molecule has 2 aliphatic rings. The number of amides is 2. The van der Waals surface area contributed by atoms with Gasteiger partial charge in [0.1, 0.15) is 19.0 Å². The topological polar surface area (TPSA) is 67.9 Å². The molecule has 0 unspecified atom stereocenters. The summed E-state index contributed by atoms with van der Waals surface area (Å²) in [7, 11) is 0. The second-order valence-corrected chi connectivity index (χ2v) is 6.23. The minimum atomic E-state index is -0.501. The molecule has 1 atom stereocenters. The Morgan fingerprint density at radius 2 is 1.92 bits per heavy atom. The number of carbonyl (C=O) groups excluding carboxylic acids is 2. The predicted octanol–water partition coefficient (Wildman–Crippen LogP) is 2.59. The van der Waals surface area contributed by atoms with Crippen molar-refractivity contribution in [1.29, 1.82) is 0 Å². The maximum absolute atomic E-state index is 13.2. The highest BCUT2D eigenvalue weighted by atomic mass is 19.1. The van der Waals surface area contributed by atoms with E-state index < -0.39 is 11.7 Å². The first-order valence-corrected chi connectivity index (χ1v) is 8.36. The van der Waals surface area contributed by atoms with Crippen LogP contribution in [-0.4, -0.2) is 31.6 Å². The van der Waals surface area contributed by atoms with E-state index in [9.17, 15) is 14.0 Å². The molecule has 2 heterocycles. The highest BCUT2D eigenvalue weighted by Gasteiger charge is 2.35. The lowest BCUT2D eigenvalue weighted by Gasteiger charge is -2.22. The number of benzene rings is 2. The fourth-order valence-electron chi connectivity index (χ4n) is 3.14. The van der Waals surface area contributed by atoms with Gasteiger partial charge in [0.15, 0.2) is 11.5 Å². The van der Waals surface area contributed by atoms with Crippen LogP contribution in [0.5, 0.6) is 11.5 Å². The summed E-state index contributed by atoms with van der Waals surface area (Å²) >= 11 is 0. The van der Waals surface area contributed by atoms with Crippen molar-refractivity contribution in [2.24, 2.45) is 5.92 Å². The first kappa shape index (κ1) is 16.4. The van der Waals surface area contributed by atoms with Crippen LogP contribution in [0.3, 0.4) is 0 Å². The number of carbonyl (C=O) groups is 2. The summed E-state index contributed by atoms with van der Waals surface area (Å²) in [5.41, 5.74) is 1.04. The van der Waals surface area contributed by atoms with Gasteiger partial charge in [-0.1, -0.05) is 6.07 Å². The third-order valence-corrected chi connectivity index (χ3v) is 4.43. The molecule has 1 saturated heterocycles. The summed E-state index contributed by atoms with van der Waals surface area (Å²) in [4.78, 5) is 26.4. The van der Waals surface area contributed by atoms with E-state index >= 15 is 0 Å². The quantitative estimate of drug-likeness (QED) is 0.918. The van der Waals surface area contributed by atoms with Crippen molar-refractivity contribution in [3.63, 3.8) is 0 Å². The molecule has 4 rings (SSSR count). The summed E-state index contributed by atoms with van der Waals surface area (Å²) in [6.45, 7) is 1.22. The fourth-order valence-corrected chi connectivity index (χ4v) is 3.14. The molecule has 0 spiro atoms. The molecule has 0 aliphatic carbocycles. The van der Waals surface area contributed by atoms with Gasteiger partial charge in [-0.25, -0.2) is 4.39 Å². The average Bonchev–Trinajstić information content (AvgIpc) is 3.03. The maximum Gasteiger partial charge on any atom is 0.229 e. The van der Waals surface area contributed by atoms with Crippen LogP contribution in [0.15, 0.2) is 42.5 Å². The molecule has 134 valence electrons. The van der Waals surface area contributed by atoms with Crippen molar-refractivity contribution < 1.29 is 23.5 Å². The van der Waals surface area contributed by atoms with Crippen LogP contribution in [0.25, 0.3) is 0 Å². The van der Waals surface area contributed by atoms with Crippen molar-refractivity contribution in [2.75, 3.05) is 30.0 Å². The number of fused-ring (bicyclic) bond motifs is 1. The van der Waals surface area contributed by atoms with E-state index in [0.717, 1.165) is 0 Å². The van der Waals surface area contributed by atoms with Crippen molar-refractivity contribution >= 4 is 23.2 Å². The number of nitrogens with zero attached hydrogens (tertiary/aromatic N) is 1. The van der Waals surface area contributed by atoms with E-state index in [1.165, 1.54) is 18.2 Å². The van der Waals surface area contributed by atoms with Crippen molar-refractivity contribution in [1.82, 2.24) is 0 Å². The first-order chi connectivity index (χ1) is 12.6. The third kappa shape index (κ3) is 3.20. The maximum atomic E-state index is 13.2. The Morgan fingerprint density at radius 3 is 2.73 bits per heavy atom. The number of nitrogens with one attached hydrogen (secondary N) is 1. The van der Waals surface area contributed by atoms with E-state index in [2.05, 4.69) is 5.32 Å². The normalized spacial score (nSPS) is 18.7. The summed E-state index contributed by atoms with van der Waals surface area (Å²) in [5, 5.41) is 2.66. The molecule has 2 aromatic rings. The molecular formula is C19H17FN2O4. The van der Waals surface area contributed by atoms with Gasteiger partial charge in [-0.3, -0.25) is 9.59 Å². The molecule has 6 nitrogen and oxygen atoms in total. The summed E-state index contributed by atoms with van der Waals surface area (Å²) in [6, 6.07) is 11.0. The highest BCUT2D eigenvalue weighted by Crippen LogP contribution is 2.36. The molecule has 26 heavy (non-hydrogen) atoms. The van der Waals surface area contributed by atoms with Crippen molar-refractivity contribution in [3.05, 3.63) is 48.3 Å². The molecule has 0 radical (unpaired) electrons. The summed E-state index contributed by atoms with van der Waals surface area (Å²) in [5.74, 6) is -0.131. The minimum Gasteiger partial charge on any atom is -0.486 e. The van der Waals surface area contributed by atoms with Crippen LogP contribution in [0.1, 0.15) is 6.42 Å². The highest BCUT2D eigenvalue weighted by molar-refractivity contribution is 6.03. The molecule has 0 saturated carbocycles. The zero-order valence-corrected chi connectivity index (χ0v) is 13.9. The minimum absolute atomic E-state index is 0.107. The van der Waals surface area contributed by atoms with Gasteiger partial charge in [-0.05, 0) is 30.3 Å². The lowest BCUT2D eigenvalue weighted by molar-refractivity contribution is -0.122. The Hall–Kier alpha value is -3.09. The molecule has 1 N–H and O–H groups in total. The lowest BCUT2D eigenvalue weighted by atomic mass is 10.1. The van der Waals surface area contributed by atoms with Crippen LogP contribution in [0.2, 0.25) is 0 Å². The molecule has 2 aromatic carbocycles. The first-order valence-electron chi connectivity index (χ1n) is 8.36. The molecule has 0 aromatic heterocycles. The molecule has 2 amide bonds. The Morgan fingerprint density at radius 1 is 1.12 bits per heavy atom. The molecule has 1 fully saturated rings. The van der Waals surface area contributed by atoms with Crippen LogP contribution >= 0.6 is 0 Å². The van der Waals surface area contributed by atoms with Gasteiger partial charge in [0.25, 0.3) is 0 Å². The number of anilines is 2. The van der Waals surface area contributed by atoms with Crippen LogP contribution in [-0.2, 0) is 9.59 Å². The van der Waals surface area contributed by atoms with Crippen LogP contribution in [0, 0.1) is 11.7 Å². The van der Waals surface area contributed by atoms with E-state index in [-0.39, 0.29) is 24.8 Å². The Kier molecular flexibility index (Phi) is 4.20. The SMILES string of the molecule is O=C(Nc1cccc(F)c1)[C@@H]1CC(=O)N(c2ccc3c(c2)OCCO3)C1. The van der Waals surface area contributed by atoms with Gasteiger partial charge >= 0.3 is 0 Å². The predicted molar refractivity (Wildman–Crippen MR) is 92.9 cm³/mol. The van der Waals surface area contributed by atoms with Gasteiger partial charge in [0.2, 0.25) is 11.8 Å². The fraction of sp³-hybridized carbons (Fsp3) is 0.263. The van der Waals surface area contributed by atoms with Gasteiger partial charge in [-0.15, -0.1) is 0 Å². The van der Waals surface area contributed by atoms with Crippen LogP contribution in [0.4, 0.5) is 15.8 Å². The number of hydrogen-bond acceptors (Lipinski definition) is 4. The molecule has 7 heteroatoms. The molecule has 0 bridgehead atoms. The van der Waals surface area contributed by atoms with Gasteiger partial charge < -0.3 is 19.7 Å². The van der Waals surface area contributed by atoms with Gasteiger partial charge in [0, 0.05) is 30.4 Å². The van der Waals surface area contributed by atoms with Crippen molar-refractivity contribution in [3.8, 4) is 11.5 Å². The van der Waals surface area contributed by atoms with E-state index in [0.29, 0.717) is 36.1 Å². The number of rotatable bonds is 3. The van der Waals surface area contributed by atoms with E-state index in [4.69, 9.17) is 9.47 Å². The zero-order valence-electron chi connectivity index (χ0n) is 13.9. The Labute approximate surface area is 149 Å². The second-order valence-electron chi connectivity index (χ2n) is 6.23. The van der Waals surface area contributed by atoms with Crippen molar-refractivity contribution in [2.45, 2.75) is 6.42 Å². The smallest absolute Gasteiger partial charge is 0.229 e. The number of hydrogen-bond donors (Lipinski definition) is 1. The number of halogens is 1. The second kappa shape index (κ2) is 6.67. The zero-order chi connectivity index (χ0) is 18.1. The Balaban J connectivity index is 1.47. The lowest BCUT2D eigenvalue weighted by Crippen LogP contribution is -2.28. The van der Waals surface area contributed by atoms with Crippen LogP contribution < -0.4 is 19.7 Å². The monoisotopic (exact) mass is 356 g/mol. The number of ether oxygens (including phenoxy) is 2. The summed E-state index contributed by atoms with van der Waals surface area (Å²) in [6.07, 6.45) is 0.107. The molecular weight excluding hydrogens is 339 g/mol. The Bertz CT molecular complexity index is 870. The average molecular weight is 356 g/mol. The third-order valence-electron chi connectivity index (χ3n) is 4.43. The van der Waals surface area contributed by atoms with E-state index in [1.807, 2.05) is 0 Å². The molecule has 2 aliphatic heterocycles.